The summed E-state index contributed by atoms with van der Waals surface area (Å²) >= 11 is 4.20. The first-order chi connectivity index (χ1) is 1.91. The molecule has 0 spiro atoms. The van der Waals surface area contributed by atoms with Crippen molar-refractivity contribution >= 4 is 0 Å². The molecule has 0 bridgehead atoms. The molecule has 0 rings (SSSR count). The Kier molecular flexibility index (Phi) is 3.42. The third-order valence-electron chi connectivity index (χ3n) is 0.0913. The van der Waals surface area contributed by atoms with Crippen LogP contribution in [0.5, 0.6) is 0 Å². The maximum atomic E-state index is 4.20. The molecule has 0 unspecified atom stereocenters. The van der Waals surface area contributed by atoms with Crippen LogP contribution >= 0.6 is 0 Å². The maximum absolute atomic E-state index is 4.20. The van der Waals surface area contributed by atoms with Crippen molar-refractivity contribution < 1.29 is 15.5 Å². The summed E-state index contributed by atoms with van der Waals surface area (Å²) in [6.07, 6.45) is 1.71. The fourth-order valence-electron chi connectivity index (χ4n) is 0. The molecule has 0 nitrogen and oxygen atoms in total. The van der Waals surface area contributed by atoms with Gasteiger partial charge < -0.3 is 0 Å². The van der Waals surface area contributed by atoms with Crippen LogP contribution in [0.4, 0.5) is 0 Å². The van der Waals surface area contributed by atoms with E-state index in [4.69, 9.17) is 0 Å². The monoisotopic (exact) mass is 99.0 g/mol. The van der Waals surface area contributed by atoms with Gasteiger partial charge in [-0.15, -0.1) is 0 Å². The number of allylic oxidation sites excluding steroid dienone is 1. The van der Waals surface area contributed by atoms with E-state index in [0.29, 0.717) is 5.39 Å². The van der Waals surface area contributed by atoms with Gasteiger partial charge in [0.05, 0.1) is 0 Å². The summed E-state index contributed by atoms with van der Waals surface area (Å²) in [5.41, 5.74) is 0. The van der Waals surface area contributed by atoms with Gasteiger partial charge in [0.25, 0.3) is 0 Å². The van der Waals surface area contributed by atoms with Crippen LogP contribution in [0.15, 0.2) is 12.7 Å². The van der Waals surface area contributed by atoms with Crippen LogP contribution in [0.2, 0.25) is 5.39 Å². The van der Waals surface area contributed by atoms with Crippen LogP contribution in [-0.2, 0) is 15.5 Å². The minimum absolute atomic E-state index is 0.708. The van der Waals surface area contributed by atoms with Gasteiger partial charge in [0, 0.05) is 0 Å². The molecule has 0 aliphatic rings. The molecular weight excluding hydrogens is 94.7 g/mol. The first-order valence-corrected chi connectivity index (χ1v) is 1.74. The van der Waals surface area contributed by atoms with Crippen molar-refractivity contribution in [3.8, 4) is 0 Å². The van der Waals surface area contributed by atoms with Crippen LogP contribution in [0.25, 0.3) is 0 Å². The van der Waals surface area contributed by atoms with E-state index in [1.54, 1.807) is 6.08 Å². The molecular formula is C3H5Ni. The summed E-state index contributed by atoms with van der Waals surface area (Å²) < 4.78 is 0. The molecule has 0 aromatic heterocycles. The van der Waals surface area contributed by atoms with E-state index in [2.05, 4.69) is 22.0 Å². The fraction of sp³-hybridized carbons (Fsp3) is 0.333. The molecule has 0 saturated carbocycles. The minimum atomic E-state index is 0.708. The molecule has 0 atom stereocenters. The number of hydrogen-bond donors (Lipinski definition) is 0. The molecule has 4 heavy (non-hydrogen) atoms. The van der Waals surface area contributed by atoms with Gasteiger partial charge in [-0.05, 0) is 0 Å². The van der Waals surface area contributed by atoms with Gasteiger partial charge >= 0.3 is 33.5 Å². The zero-order chi connectivity index (χ0) is 3.41. The number of hydrogen-bond acceptors (Lipinski definition) is 0. The van der Waals surface area contributed by atoms with Gasteiger partial charge in [0.15, 0.2) is 0 Å². The van der Waals surface area contributed by atoms with Gasteiger partial charge in [-0.1, -0.05) is 0 Å². The summed E-state index contributed by atoms with van der Waals surface area (Å²) in [5.74, 6) is 0. The average molecular weight is 99.8 g/mol. The number of rotatable bonds is 1. The van der Waals surface area contributed by atoms with Crippen molar-refractivity contribution in [2.75, 3.05) is 0 Å². The molecule has 0 heterocycles. The van der Waals surface area contributed by atoms with Crippen molar-refractivity contribution in [3.05, 3.63) is 12.7 Å². The zero-order valence-corrected chi connectivity index (χ0v) is 3.30. The van der Waals surface area contributed by atoms with Crippen molar-refractivity contribution in [1.29, 1.82) is 0 Å². The van der Waals surface area contributed by atoms with E-state index in [9.17, 15) is 0 Å². The van der Waals surface area contributed by atoms with Crippen LogP contribution in [0.1, 0.15) is 0 Å². The topological polar surface area (TPSA) is 0 Å². The van der Waals surface area contributed by atoms with Crippen molar-refractivity contribution in [3.63, 3.8) is 0 Å². The Morgan fingerprint density at radius 1 is 2.00 bits per heavy atom. The molecule has 0 aliphatic heterocycles. The SMILES string of the molecule is C=C[CH2][Ni]. The van der Waals surface area contributed by atoms with E-state index in [1.807, 2.05) is 0 Å². The molecule has 0 saturated heterocycles. The van der Waals surface area contributed by atoms with Gasteiger partial charge in [0.2, 0.25) is 0 Å². The first kappa shape index (κ1) is 4.23. The Labute approximate surface area is 34.3 Å². The summed E-state index contributed by atoms with van der Waals surface area (Å²) in [6.45, 7) is 3.39. The second-order valence-electron chi connectivity index (χ2n) is 0.418. The summed E-state index contributed by atoms with van der Waals surface area (Å²) in [5, 5.41) is 0.708. The van der Waals surface area contributed by atoms with E-state index in [-0.39, 0.29) is 0 Å². The molecule has 0 N–H and O–H groups in total. The molecule has 0 fully saturated rings. The molecule has 0 aromatic rings. The second-order valence-corrected chi connectivity index (χ2v) is 0.821. The first-order valence-electron chi connectivity index (χ1n) is 1.04. The Morgan fingerprint density at radius 3 is 2.25 bits per heavy atom. The Balaban J connectivity index is 2.30. The van der Waals surface area contributed by atoms with Gasteiger partial charge in [0.1, 0.15) is 0 Å². The standard InChI is InChI=1S/C3H5.Ni/c1-3-2;/h3H,1-2H2;. The molecule has 0 aliphatic carbocycles. The zero-order valence-electron chi connectivity index (χ0n) is 2.31. The predicted octanol–water partition coefficient (Wildman–Crippen LogP) is 1.14. The van der Waals surface area contributed by atoms with Crippen LogP contribution < -0.4 is 0 Å². The third-order valence-corrected chi connectivity index (χ3v) is 0.376. The molecule has 0 aromatic carbocycles. The molecule has 1 heteroatoms. The van der Waals surface area contributed by atoms with Crippen molar-refractivity contribution in [2.45, 2.75) is 5.39 Å². The Morgan fingerprint density at radius 2 is 2.25 bits per heavy atom. The quantitative estimate of drug-likeness (QED) is 0.342. The van der Waals surface area contributed by atoms with Gasteiger partial charge in [-0.2, -0.15) is 0 Å². The Hall–Kier alpha value is 0.234. The molecule has 27 valence electrons. The van der Waals surface area contributed by atoms with Gasteiger partial charge in [-0.25, -0.2) is 0 Å². The normalized spacial score (nSPS) is 6.50. The van der Waals surface area contributed by atoms with E-state index >= 15 is 0 Å². The van der Waals surface area contributed by atoms with Crippen LogP contribution in [-0.4, -0.2) is 0 Å². The molecule has 0 radical (unpaired) electrons. The predicted molar refractivity (Wildman–Crippen MR) is 15.0 cm³/mol. The van der Waals surface area contributed by atoms with Crippen molar-refractivity contribution in [1.82, 2.24) is 0 Å². The summed E-state index contributed by atoms with van der Waals surface area (Å²) in [6, 6.07) is 0. The van der Waals surface area contributed by atoms with Crippen LogP contribution in [0, 0.1) is 0 Å². The summed E-state index contributed by atoms with van der Waals surface area (Å²) in [7, 11) is 0. The van der Waals surface area contributed by atoms with E-state index in [0.717, 1.165) is 0 Å². The third kappa shape index (κ3) is 2.23. The Bertz CT molecular complexity index is 17.2. The molecule has 0 amide bonds. The fourth-order valence-corrected chi connectivity index (χ4v) is 0. The average Bonchev–Trinajstić information content (AvgIpc) is 1.37. The van der Waals surface area contributed by atoms with E-state index < -0.39 is 0 Å². The second kappa shape index (κ2) is 3.23. The van der Waals surface area contributed by atoms with Gasteiger partial charge in [-0.3, -0.25) is 0 Å². The summed E-state index contributed by atoms with van der Waals surface area (Å²) in [4.78, 5) is 0. The van der Waals surface area contributed by atoms with Crippen molar-refractivity contribution in [2.24, 2.45) is 0 Å². The van der Waals surface area contributed by atoms with Crippen LogP contribution in [0.3, 0.4) is 0 Å². The van der Waals surface area contributed by atoms with E-state index in [1.165, 1.54) is 0 Å².